The number of carbonyl (C=O) groups is 1. The maximum absolute atomic E-state index is 12.0. The van der Waals surface area contributed by atoms with Crippen molar-refractivity contribution in [2.45, 2.75) is 26.2 Å². The van der Waals surface area contributed by atoms with Crippen molar-refractivity contribution >= 4 is 28.1 Å². The Balaban J connectivity index is 1.90. The third kappa shape index (κ3) is 6.53. The molecule has 0 saturated heterocycles. The highest BCUT2D eigenvalue weighted by Crippen LogP contribution is 2.31. The van der Waals surface area contributed by atoms with Crippen LogP contribution in [0, 0.1) is 0 Å². The van der Waals surface area contributed by atoms with Gasteiger partial charge in [0.05, 0.1) is 10.7 Å². The van der Waals surface area contributed by atoms with Crippen LogP contribution in [0.5, 0.6) is 11.5 Å². The van der Waals surface area contributed by atoms with Crippen LogP contribution < -0.4 is 14.9 Å². The van der Waals surface area contributed by atoms with Gasteiger partial charge in [0.1, 0.15) is 18.1 Å². The maximum Gasteiger partial charge on any atom is 0.277 e. The highest BCUT2D eigenvalue weighted by atomic mass is 79.9. The fourth-order valence-corrected chi connectivity index (χ4v) is 2.79. The van der Waals surface area contributed by atoms with Crippen molar-refractivity contribution in [2.24, 2.45) is 5.10 Å². The average Bonchev–Trinajstić information content (AvgIpc) is 2.65. The van der Waals surface area contributed by atoms with Crippen molar-refractivity contribution in [1.29, 1.82) is 0 Å². The number of benzene rings is 2. The molecule has 2 aromatic rings. The second-order valence-electron chi connectivity index (χ2n) is 7.11. The lowest BCUT2D eigenvalue weighted by atomic mass is 9.87. The van der Waals surface area contributed by atoms with Gasteiger partial charge >= 0.3 is 0 Å². The van der Waals surface area contributed by atoms with Crippen molar-refractivity contribution in [3.05, 3.63) is 70.7 Å². The Labute approximate surface area is 174 Å². The molecule has 2 aromatic carbocycles. The Morgan fingerprint density at radius 1 is 1.18 bits per heavy atom. The van der Waals surface area contributed by atoms with Crippen molar-refractivity contribution in [1.82, 2.24) is 5.43 Å². The molecule has 5 nitrogen and oxygen atoms in total. The number of carbonyl (C=O) groups excluding carboxylic acids is 1. The highest BCUT2D eigenvalue weighted by molar-refractivity contribution is 9.10. The van der Waals surface area contributed by atoms with Gasteiger partial charge in [0.15, 0.2) is 6.61 Å². The molecular weight excluding hydrogens is 420 g/mol. The predicted octanol–water partition coefficient (Wildman–Crippen LogP) is 4.84. The van der Waals surface area contributed by atoms with Crippen LogP contribution in [0.4, 0.5) is 0 Å². The summed E-state index contributed by atoms with van der Waals surface area (Å²) in [7, 11) is 0. The van der Waals surface area contributed by atoms with Gasteiger partial charge in [0, 0.05) is 5.56 Å². The van der Waals surface area contributed by atoms with Gasteiger partial charge in [-0.15, -0.1) is 0 Å². The van der Waals surface area contributed by atoms with Crippen LogP contribution in [0.15, 0.2) is 64.7 Å². The summed E-state index contributed by atoms with van der Waals surface area (Å²) in [6.07, 6.45) is 3.20. The van der Waals surface area contributed by atoms with Gasteiger partial charge in [-0.05, 0) is 51.2 Å². The van der Waals surface area contributed by atoms with E-state index in [0.29, 0.717) is 18.1 Å². The summed E-state index contributed by atoms with van der Waals surface area (Å²) in [6.45, 7) is 10.3. The van der Waals surface area contributed by atoms with E-state index < -0.39 is 0 Å². The lowest BCUT2D eigenvalue weighted by Crippen LogP contribution is -2.24. The number of halogens is 1. The molecule has 0 aromatic heterocycles. The first-order valence-electron chi connectivity index (χ1n) is 8.88. The molecule has 0 aliphatic carbocycles. The zero-order valence-corrected chi connectivity index (χ0v) is 18.0. The Bertz CT molecular complexity index is 857. The SMILES string of the molecule is C=CCOc1ccccc1/C=N/NC(=O)COc1ccc(C(C)(C)C)cc1Br. The van der Waals surface area contributed by atoms with Crippen LogP contribution in [0.3, 0.4) is 0 Å². The minimum Gasteiger partial charge on any atom is -0.489 e. The Hall–Kier alpha value is -2.60. The molecule has 1 amide bonds. The summed E-state index contributed by atoms with van der Waals surface area (Å²) in [6, 6.07) is 13.3. The molecule has 0 heterocycles. The van der Waals surface area contributed by atoms with Crippen molar-refractivity contribution in [3.63, 3.8) is 0 Å². The molecule has 0 atom stereocenters. The number of hydrogen-bond donors (Lipinski definition) is 1. The van der Waals surface area contributed by atoms with Gasteiger partial charge < -0.3 is 9.47 Å². The molecule has 0 aliphatic heterocycles. The van der Waals surface area contributed by atoms with Gasteiger partial charge in [-0.1, -0.05) is 51.6 Å². The van der Waals surface area contributed by atoms with E-state index in [-0.39, 0.29) is 17.9 Å². The number of rotatable bonds is 8. The molecule has 0 spiro atoms. The molecule has 0 unspecified atom stereocenters. The summed E-state index contributed by atoms with van der Waals surface area (Å²) in [4.78, 5) is 12.0. The standard InChI is InChI=1S/C22H25BrN2O3/c1-5-12-27-19-9-7-6-8-16(19)14-24-25-21(26)15-28-20-11-10-17(13-18(20)23)22(2,3)4/h5-11,13-14H,1,12,15H2,2-4H3,(H,25,26)/b24-14+. The second-order valence-corrected chi connectivity index (χ2v) is 7.97. The largest absolute Gasteiger partial charge is 0.489 e. The van der Waals surface area contributed by atoms with E-state index in [2.05, 4.69) is 53.8 Å². The average molecular weight is 445 g/mol. The number of para-hydroxylation sites is 1. The number of nitrogens with one attached hydrogen (secondary N) is 1. The van der Waals surface area contributed by atoms with Gasteiger partial charge in [0.25, 0.3) is 5.91 Å². The summed E-state index contributed by atoms with van der Waals surface area (Å²) in [5.41, 5.74) is 4.43. The third-order valence-corrected chi connectivity index (χ3v) is 4.44. The molecule has 6 heteroatoms. The van der Waals surface area contributed by atoms with Crippen LogP contribution in [0.2, 0.25) is 0 Å². The zero-order chi connectivity index (χ0) is 20.6. The van der Waals surface area contributed by atoms with E-state index in [1.165, 1.54) is 11.8 Å². The zero-order valence-electron chi connectivity index (χ0n) is 16.4. The first kappa shape index (κ1) is 21.7. The van der Waals surface area contributed by atoms with Crippen LogP contribution in [0.1, 0.15) is 31.9 Å². The van der Waals surface area contributed by atoms with Gasteiger partial charge in [-0.3, -0.25) is 4.79 Å². The third-order valence-electron chi connectivity index (χ3n) is 3.83. The monoisotopic (exact) mass is 444 g/mol. The fraction of sp³-hybridized carbons (Fsp3) is 0.273. The number of nitrogens with zero attached hydrogens (tertiary/aromatic N) is 1. The van der Waals surface area contributed by atoms with Crippen molar-refractivity contribution in [3.8, 4) is 11.5 Å². The Morgan fingerprint density at radius 3 is 2.61 bits per heavy atom. The first-order valence-corrected chi connectivity index (χ1v) is 9.68. The van der Waals surface area contributed by atoms with Crippen molar-refractivity contribution < 1.29 is 14.3 Å². The normalized spacial score (nSPS) is 11.3. The molecule has 28 heavy (non-hydrogen) atoms. The number of hydrazone groups is 1. The van der Waals surface area contributed by atoms with E-state index in [0.717, 1.165) is 10.0 Å². The second kappa shape index (κ2) is 10.1. The molecule has 148 valence electrons. The van der Waals surface area contributed by atoms with Crippen LogP contribution in [-0.2, 0) is 10.2 Å². The Morgan fingerprint density at radius 2 is 1.93 bits per heavy atom. The van der Waals surface area contributed by atoms with E-state index in [4.69, 9.17) is 9.47 Å². The van der Waals surface area contributed by atoms with Crippen LogP contribution >= 0.6 is 15.9 Å². The summed E-state index contributed by atoms with van der Waals surface area (Å²) in [5.74, 6) is 0.919. The van der Waals surface area contributed by atoms with Gasteiger partial charge in [-0.25, -0.2) is 5.43 Å². The number of hydrogen-bond acceptors (Lipinski definition) is 4. The van der Waals surface area contributed by atoms with Crippen LogP contribution in [-0.4, -0.2) is 25.3 Å². The summed E-state index contributed by atoms with van der Waals surface area (Å²) >= 11 is 3.49. The lowest BCUT2D eigenvalue weighted by molar-refractivity contribution is -0.123. The highest BCUT2D eigenvalue weighted by Gasteiger charge is 2.15. The smallest absolute Gasteiger partial charge is 0.277 e. The van der Waals surface area contributed by atoms with Crippen molar-refractivity contribution in [2.75, 3.05) is 13.2 Å². The van der Waals surface area contributed by atoms with E-state index in [1.54, 1.807) is 6.08 Å². The molecule has 0 aliphatic rings. The molecule has 2 rings (SSSR count). The summed E-state index contributed by atoms with van der Waals surface area (Å²) < 4.78 is 11.9. The number of amides is 1. The first-order chi connectivity index (χ1) is 13.3. The quantitative estimate of drug-likeness (QED) is 0.359. The molecule has 0 saturated carbocycles. The summed E-state index contributed by atoms with van der Waals surface area (Å²) in [5, 5.41) is 3.97. The Kier molecular flexibility index (Phi) is 7.81. The minimum absolute atomic E-state index is 0.0405. The van der Waals surface area contributed by atoms with E-state index >= 15 is 0 Å². The predicted molar refractivity (Wildman–Crippen MR) is 116 cm³/mol. The lowest BCUT2D eigenvalue weighted by Gasteiger charge is -2.20. The molecule has 0 bridgehead atoms. The fourth-order valence-electron chi connectivity index (χ4n) is 2.30. The molecule has 1 N–H and O–H groups in total. The molecular formula is C22H25BrN2O3. The van der Waals surface area contributed by atoms with Gasteiger partial charge in [-0.2, -0.15) is 5.10 Å². The molecule has 0 fully saturated rings. The van der Waals surface area contributed by atoms with Gasteiger partial charge in [0.2, 0.25) is 0 Å². The molecule has 0 radical (unpaired) electrons. The minimum atomic E-state index is -0.354. The van der Waals surface area contributed by atoms with E-state index in [1.807, 2.05) is 42.5 Å². The van der Waals surface area contributed by atoms with Crippen LogP contribution in [0.25, 0.3) is 0 Å². The number of ether oxygens (including phenoxy) is 2. The topological polar surface area (TPSA) is 59.9 Å². The van der Waals surface area contributed by atoms with E-state index in [9.17, 15) is 4.79 Å². The maximum atomic E-state index is 12.0.